The molecule has 0 saturated carbocycles. The van der Waals surface area contributed by atoms with E-state index < -0.39 is 5.97 Å². The van der Waals surface area contributed by atoms with Gasteiger partial charge in [-0.25, -0.2) is 4.79 Å². The smallest absolute Gasteiger partial charge is 0.339 e. The fourth-order valence-electron chi connectivity index (χ4n) is 1.74. The van der Waals surface area contributed by atoms with E-state index in [9.17, 15) is 4.79 Å². The number of carbonyl (C=O) groups is 1. The molecule has 1 heterocycles. The Bertz CT molecular complexity index is 574. The number of nitrogens with one attached hydrogen (secondary N) is 1. The van der Waals surface area contributed by atoms with Crippen molar-refractivity contribution in [3.63, 3.8) is 0 Å². The molecule has 0 radical (unpaired) electrons. The van der Waals surface area contributed by atoms with Crippen LogP contribution in [-0.2, 0) is 0 Å². The van der Waals surface area contributed by atoms with Gasteiger partial charge in [-0.1, -0.05) is 11.6 Å². The minimum absolute atomic E-state index is 0.0821. The SMILES string of the molecule is COc1cc(C)cc2c(C(=O)O)c(Cl)[nH]c12. The highest BCUT2D eigenvalue weighted by molar-refractivity contribution is 6.35. The summed E-state index contributed by atoms with van der Waals surface area (Å²) in [5.41, 5.74) is 1.61. The Kier molecular flexibility index (Phi) is 2.52. The summed E-state index contributed by atoms with van der Waals surface area (Å²) in [7, 11) is 1.53. The number of benzene rings is 1. The van der Waals surface area contributed by atoms with E-state index >= 15 is 0 Å². The average molecular weight is 240 g/mol. The van der Waals surface area contributed by atoms with Crippen LogP contribution in [0.4, 0.5) is 0 Å². The Morgan fingerprint density at radius 3 is 2.75 bits per heavy atom. The molecule has 84 valence electrons. The van der Waals surface area contributed by atoms with Gasteiger partial charge in [0.25, 0.3) is 0 Å². The number of aromatic carboxylic acids is 1. The van der Waals surface area contributed by atoms with Gasteiger partial charge in [0.2, 0.25) is 0 Å². The van der Waals surface area contributed by atoms with Crippen molar-refractivity contribution in [2.24, 2.45) is 0 Å². The number of aryl methyl sites for hydroxylation is 1. The lowest BCUT2D eigenvalue weighted by atomic mass is 10.1. The van der Waals surface area contributed by atoms with Gasteiger partial charge >= 0.3 is 5.97 Å². The summed E-state index contributed by atoms with van der Waals surface area (Å²) >= 11 is 5.85. The Morgan fingerprint density at radius 2 is 2.19 bits per heavy atom. The molecule has 5 heteroatoms. The molecule has 1 aromatic carbocycles. The van der Waals surface area contributed by atoms with Crippen LogP contribution >= 0.6 is 11.6 Å². The highest BCUT2D eigenvalue weighted by atomic mass is 35.5. The van der Waals surface area contributed by atoms with Gasteiger partial charge in [-0.05, 0) is 24.6 Å². The number of rotatable bonds is 2. The normalized spacial score (nSPS) is 10.7. The fraction of sp³-hybridized carbons (Fsp3) is 0.182. The molecule has 4 nitrogen and oxygen atoms in total. The van der Waals surface area contributed by atoms with E-state index in [1.165, 1.54) is 7.11 Å². The predicted molar refractivity (Wildman–Crippen MR) is 61.6 cm³/mol. The van der Waals surface area contributed by atoms with E-state index in [4.69, 9.17) is 21.4 Å². The lowest BCUT2D eigenvalue weighted by Crippen LogP contribution is -1.95. The van der Waals surface area contributed by atoms with E-state index in [2.05, 4.69) is 4.98 Å². The highest BCUT2D eigenvalue weighted by Crippen LogP contribution is 2.33. The number of carboxylic acid groups (broad SMARTS) is 1. The number of aromatic nitrogens is 1. The lowest BCUT2D eigenvalue weighted by Gasteiger charge is -2.03. The number of carboxylic acids is 1. The quantitative estimate of drug-likeness (QED) is 0.847. The molecule has 0 spiro atoms. The van der Waals surface area contributed by atoms with Gasteiger partial charge in [0.15, 0.2) is 0 Å². The number of aromatic amines is 1. The van der Waals surface area contributed by atoms with Crippen molar-refractivity contribution < 1.29 is 14.6 Å². The van der Waals surface area contributed by atoms with Crippen molar-refractivity contribution in [2.75, 3.05) is 7.11 Å². The molecular formula is C11H10ClNO3. The maximum absolute atomic E-state index is 11.1. The van der Waals surface area contributed by atoms with Gasteiger partial charge < -0.3 is 14.8 Å². The van der Waals surface area contributed by atoms with Crippen molar-refractivity contribution in [1.29, 1.82) is 0 Å². The molecule has 0 atom stereocenters. The molecule has 0 unspecified atom stereocenters. The van der Waals surface area contributed by atoms with Crippen LogP contribution in [-0.4, -0.2) is 23.2 Å². The molecule has 16 heavy (non-hydrogen) atoms. The summed E-state index contributed by atoms with van der Waals surface area (Å²) in [6.07, 6.45) is 0. The standard InChI is InChI=1S/C11H10ClNO3/c1-5-3-6-8(11(14)15)10(12)13-9(6)7(4-5)16-2/h3-4,13H,1-2H3,(H,14,15). The zero-order chi connectivity index (χ0) is 11.9. The van der Waals surface area contributed by atoms with Crippen LogP contribution in [0.15, 0.2) is 12.1 Å². The second-order valence-corrected chi connectivity index (χ2v) is 3.89. The van der Waals surface area contributed by atoms with Crippen LogP contribution in [0, 0.1) is 6.92 Å². The molecule has 0 amide bonds. The van der Waals surface area contributed by atoms with Crippen molar-refractivity contribution in [1.82, 2.24) is 4.98 Å². The van der Waals surface area contributed by atoms with Gasteiger partial charge in [0.1, 0.15) is 16.5 Å². The van der Waals surface area contributed by atoms with Crippen LogP contribution in [0.5, 0.6) is 5.75 Å². The van der Waals surface area contributed by atoms with Crippen LogP contribution in [0.25, 0.3) is 10.9 Å². The Balaban J connectivity index is 2.89. The second-order valence-electron chi connectivity index (χ2n) is 3.51. The van der Waals surface area contributed by atoms with Crippen molar-refractivity contribution in [2.45, 2.75) is 6.92 Å². The molecule has 0 fully saturated rings. The zero-order valence-corrected chi connectivity index (χ0v) is 9.55. The highest BCUT2D eigenvalue weighted by Gasteiger charge is 2.18. The number of hydrogen-bond acceptors (Lipinski definition) is 2. The minimum Gasteiger partial charge on any atom is -0.495 e. The maximum atomic E-state index is 11.1. The first-order valence-corrected chi connectivity index (χ1v) is 5.01. The molecule has 2 N–H and O–H groups in total. The third kappa shape index (κ3) is 1.51. The zero-order valence-electron chi connectivity index (χ0n) is 8.80. The van der Waals surface area contributed by atoms with Gasteiger partial charge in [-0.2, -0.15) is 0 Å². The molecule has 0 aliphatic heterocycles. The summed E-state index contributed by atoms with van der Waals surface area (Å²) in [6.45, 7) is 1.87. The molecular weight excluding hydrogens is 230 g/mol. The minimum atomic E-state index is -1.05. The molecule has 0 aliphatic carbocycles. The topological polar surface area (TPSA) is 62.3 Å². The summed E-state index contributed by atoms with van der Waals surface area (Å²) < 4.78 is 5.17. The summed E-state index contributed by atoms with van der Waals surface area (Å²) in [6, 6.07) is 3.59. The molecule has 0 saturated heterocycles. The second kappa shape index (κ2) is 3.72. The molecule has 2 aromatic rings. The van der Waals surface area contributed by atoms with Gasteiger partial charge in [0.05, 0.1) is 12.6 Å². The first-order chi connectivity index (χ1) is 7.54. The van der Waals surface area contributed by atoms with Crippen LogP contribution < -0.4 is 4.74 Å². The number of hydrogen-bond donors (Lipinski definition) is 2. The third-order valence-electron chi connectivity index (χ3n) is 2.40. The number of methoxy groups -OCH3 is 1. The van der Waals surface area contributed by atoms with Crippen LogP contribution in [0.2, 0.25) is 5.15 Å². The van der Waals surface area contributed by atoms with Crippen molar-refractivity contribution in [3.05, 3.63) is 28.4 Å². The van der Waals surface area contributed by atoms with Gasteiger partial charge in [-0.3, -0.25) is 0 Å². The number of H-pyrrole nitrogens is 1. The van der Waals surface area contributed by atoms with Gasteiger partial charge in [-0.15, -0.1) is 0 Å². The van der Waals surface area contributed by atoms with E-state index in [-0.39, 0.29) is 10.7 Å². The fourth-order valence-corrected chi connectivity index (χ4v) is 2.02. The lowest BCUT2D eigenvalue weighted by molar-refractivity contribution is 0.0699. The monoisotopic (exact) mass is 239 g/mol. The average Bonchev–Trinajstić information content (AvgIpc) is 2.52. The van der Waals surface area contributed by atoms with Gasteiger partial charge in [0, 0.05) is 5.39 Å². The van der Waals surface area contributed by atoms with E-state index in [1.54, 1.807) is 6.07 Å². The number of ether oxygens (including phenoxy) is 1. The van der Waals surface area contributed by atoms with Crippen molar-refractivity contribution in [3.8, 4) is 5.75 Å². The third-order valence-corrected chi connectivity index (χ3v) is 2.69. The summed E-state index contributed by atoms with van der Waals surface area (Å²) in [4.78, 5) is 13.9. The van der Waals surface area contributed by atoms with E-state index in [0.717, 1.165) is 5.56 Å². The molecule has 0 bridgehead atoms. The van der Waals surface area contributed by atoms with E-state index in [0.29, 0.717) is 16.7 Å². The largest absolute Gasteiger partial charge is 0.495 e. The number of fused-ring (bicyclic) bond motifs is 1. The Labute approximate surface area is 96.8 Å². The van der Waals surface area contributed by atoms with Crippen LogP contribution in [0.3, 0.4) is 0 Å². The Morgan fingerprint density at radius 1 is 1.50 bits per heavy atom. The van der Waals surface area contributed by atoms with E-state index in [1.807, 2.05) is 13.0 Å². The summed E-state index contributed by atoms with van der Waals surface area (Å²) in [5, 5.41) is 9.74. The number of halogens is 1. The predicted octanol–water partition coefficient (Wildman–Crippen LogP) is 2.84. The summed E-state index contributed by atoms with van der Waals surface area (Å²) in [5.74, 6) is -0.465. The maximum Gasteiger partial charge on any atom is 0.339 e. The first-order valence-electron chi connectivity index (χ1n) is 4.63. The molecule has 0 aliphatic rings. The van der Waals surface area contributed by atoms with Crippen LogP contribution in [0.1, 0.15) is 15.9 Å². The molecule has 1 aromatic heterocycles. The molecule has 2 rings (SSSR count). The van der Waals surface area contributed by atoms with Crippen molar-refractivity contribution >= 4 is 28.5 Å². The first kappa shape index (κ1) is 10.8. The Hall–Kier alpha value is -1.68.